The van der Waals surface area contributed by atoms with E-state index in [1.165, 1.54) is 0 Å². The first-order chi connectivity index (χ1) is 15.6. The number of hydrogen-bond acceptors (Lipinski definition) is 2. The summed E-state index contributed by atoms with van der Waals surface area (Å²) in [4.78, 5) is 11.2. The van der Waals surface area contributed by atoms with Crippen LogP contribution >= 0.6 is 366 Å². The van der Waals surface area contributed by atoms with Gasteiger partial charge in [-0.2, -0.15) is 0 Å². The monoisotopic (exact) mass is 1990 g/mol. The van der Waals surface area contributed by atoms with Crippen molar-refractivity contribution in [2.24, 2.45) is 0 Å². The zero-order valence-electron chi connectivity index (χ0n) is 15.6. The first-order valence-corrected chi connectivity index (χ1v) is 25.8. The van der Waals surface area contributed by atoms with Crippen LogP contribution in [0.3, 0.4) is 0 Å². The summed E-state index contributed by atoms with van der Waals surface area (Å²) < 4.78 is -7.80. The Morgan fingerprint density at radius 3 is 0.703 bits per heavy atom. The molecular weight excluding hydrogens is 2010 g/mol. The first kappa shape index (κ1) is 47.5. The highest BCUT2D eigenvalue weighted by Gasteiger charge is 2.81. The van der Waals surface area contributed by atoms with E-state index in [2.05, 4.69) is 366 Å². The molecule has 0 bridgehead atoms. The fourth-order valence-corrected chi connectivity index (χ4v) is 23.3. The van der Waals surface area contributed by atoms with Crippen LogP contribution in [0.15, 0.2) is 0 Å². The van der Waals surface area contributed by atoms with Gasteiger partial charge >= 0.3 is 0 Å². The number of alkyl halides is 23. The van der Waals surface area contributed by atoms with E-state index < -0.39 is 34.7 Å². The van der Waals surface area contributed by atoms with Crippen LogP contribution in [-0.4, -0.2) is 41.1 Å². The highest BCUT2D eigenvalue weighted by Crippen LogP contribution is 2.80. The molecule has 0 radical (unpaired) electrons. The molecule has 0 saturated heterocycles. The van der Waals surface area contributed by atoms with Crippen molar-refractivity contribution in [2.75, 3.05) is 0 Å². The highest BCUT2D eigenvalue weighted by atomic mass is 80.0. The van der Waals surface area contributed by atoms with Crippen LogP contribution < -0.4 is 0 Å². The molecule has 0 atom stereocenters. The molecule has 37 heavy (non-hydrogen) atoms. The lowest BCUT2D eigenvalue weighted by Gasteiger charge is -2.60. The third kappa shape index (κ3) is 8.44. The first-order valence-electron chi connectivity index (χ1n) is 7.52. The highest BCUT2D eigenvalue weighted by molar-refractivity contribution is 9.42. The quantitative estimate of drug-likeness (QED) is 0.152. The predicted octanol–water partition coefficient (Wildman–Crippen LogP) is 16.8. The van der Waals surface area contributed by atoms with E-state index in [9.17, 15) is 4.79 Å². The summed E-state index contributed by atoms with van der Waals surface area (Å²) in [5, 5.41) is 0. The minimum absolute atomic E-state index is 0.290. The van der Waals surface area contributed by atoms with Gasteiger partial charge in [0.1, 0.15) is 25.9 Å². The van der Waals surface area contributed by atoms with Crippen LogP contribution in [0.2, 0.25) is 0 Å². The lowest BCUT2D eigenvalue weighted by atomic mass is 10.0. The average Bonchev–Trinajstić information content (AvgIpc) is 2.65. The topological polar surface area (TPSA) is 26.3 Å². The molecule has 0 saturated carbocycles. The third-order valence-corrected chi connectivity index (χ3v) is 51.1. The van der Waals surface area contributed by atoms with Crippen molar-refractivity contribution >= 4 is 373 Å². The summed E-state index contributed by atoms with van der Waals surface area (Å²) in [6.45, 7) is 0.290. The SMILES string of the molecule is O=COC(Br)(Br)C(Br)(Br)C(Br)(Br)C(Br)(Br)C(Br)(Br)C(Br)(Br)C(Br)(Br)C(Br)(Br)C(Br)(Br)C(Br)(Br)C(Br)(Br)Br. The molecule has 0 N–H and O–H groups in total. The molecule has 0 aliphatic heterocycles. The molecule has 0 aromatic heterocycles. The standard InChI is InChI=1S/C12HBr23O2/c13-2(14,3(15,16)5(19,20)7(23,24)9(27,28)11(31,32)33)4(17,18)6(21,22)8(25,26)10(29,30)12(34,35)37-1-36/h1H. The van der Waals surface area contributed by atoms with Gasteiger partial charge in [-0.1, -0.05) is 335 Å². The maximum Gasteiger partial charge on any atom is 0.295 e. The van der Waals surface area contributed by atoms with Crippen molar-refractivity contribution in [3.63, 3.8) is 0 Å². The van der Waals surface area contributed by atoms with Crippen molar-refractivity contribution in [3.05, 3.63) is 0 Å². The van der Waals surface area contributed by atoms with Gasteiger partial charge in [-0.25, -0.2) is 0 Å². The van der Waals surface area contributed by atoms with E-state index in [-0.39, 0.29) is 6.47 Å². The Balaban J connectivity index is 7.19. The van der Waals surface area contributed by atoms with E-state index in [0.717, 1.165) is 0 Å². The van der Waals surface area contributed by atoms with E-state index in [1.807, 2.05) is 0 Å². The van der Waals surface area contributed by atoms with Crippen molar-refractivity contribution < 1.29 is 9.53 Å². The molecule has 0 rings (SSSR count). The van der Waals surface area contributed by atoms with E-state index in [4.69, 9.17) is 4.74 Å². The molecular formula is C12HBr23O2. The Morgan fingerprint density at radius 2 is 0.514 bits per heavy atom. The lowest BCUT2D eigenvalue weighted by Crippen LogP contribution is -2.71. The van der Waals surface area contributed by atoms with E-state index >= 15 is 0 Å². The molecule has 25 heteroatoms. The Morgan fingerprint density at radius 1 is 0.324 bits per heavy atom. The van der Waals surface area contributed by atoms with Gasteiger partial charge < -0.3 is 4.74 Å². The number of halogens is 23. The largest absolute Gasteiger partial charge is 0.437 e. The molecule has 0 fully saturated rings. The molecule has 0 heterocycles. The van der Waals surface area contributed by atoms with Gasteiger partial charge in [-0.15, -0.1) is 0 Å². The minimum atomic E-state index is -1.46. The molecule has 0 aliphatic rings. The Hall–Kier alpha value is 10.5. The van der Waals surface area contributed by atoms with Crippen LogP contribution in [0.25, 0.3) is 0 Å². The van der Waals surface area contributed by atoms with Gasteiger partial charge in [-0.05, 0) is 31.9 Å². The number of ether oxygens (including phenoxy) is 1. The normalized spacial score (nSPS) is 16.6. The summed E-state index contributed by atoms with van der Waals surface area (Å²) in [6.07, 6.45) is 0. The number of rotatable bonds is 11. The lowest BCUT2D eigenvalue weighted by molar-refractivity contribution is -0.131. The predicted molar refractivity (Wildman–Crippen MR) is 243 cm³/mol. The zero-order valence-corrected chi connectivity index (χ0v) is 52.1. The van der Waals surface area contributed by atoms with Crippen LogP contribution in [0, 0.1) is 0 Å². The van der Waals surface area contributed by atoms with Gasteiger partial charge in [0, 0.05) is 0 Å². The minimum Gasteiger partial charge on any atom is -0.437 e. The van der Waals surface area contributed by atoms with Gasteiger partial charge in [-0.3, -0.25) is 4.79 Å². The zero-order chi connectivity index (χ0) is 30.9. The molecule has 0 unspecified atom stereocenters. The second kappa shape index (κ2) is 15.6. The Kier molecular flexibility index (Phi) is 20.1. The molecule has 0 aromatic rings. The smallest absolute Gasteiger partial charge is 0.295 e. The second-order valence-electron chi connectivity index (χ2n) is 6.40. The molecule has 2 nitrogen and oxygen atoms in total. The van der Waals surface area contributed by atoms with Crippen LogP contribution in [0.4, 0.5) is 0 Å². The van der Waals surface area contributed by atoms with Gasteiger partial charge in [0.15, 0.2) is 5.38 Å². The van der Waals surface area contributed by atoms with Crippen molar-refractivity contribution in [3.8, 4) is 0 Å². The molecule has 0 spiro atoms. The maximum absolute atomic E-state index is 11.2. The van der Waals surface area contributed by atoms with Crippen LogP contribution in [0.5, 0.6) is 0 Å². The van der Waals surface area contributed by atoms with Gasteiger partial charge in [0.25, 0.3) is 6.47 Å². The summed E-state index contributed by atoms with van der Waals surface area (Å²) in [5.41, 5.74) is 0. The summed E-state index contributed by atoms with van der Waals surface area (Å²) in [6, 6.07) is 0. The molecule has 0 amide bonds. The van der Waals surface area contributed by atoms with E-state index in [0.29, 0.717) is 0 Å². The number of hydrogen-bond donors (Lipinski definition) is 0. The van der Waals surface area contributed by atoms with Gasteiger partial charge in [0.2, 0.25) is 3.42 Å². The van der Waals surface area contributed by atoms with Crippen molar-refractivity contribution in [1.82, 2.24) is 0 Å². The van der Waals surface area contributed by atoms with Crippen LogP contribution in [0.1, 0.15) is 0 Å². The van der Waals surface area contributed by atoms with E-state index in [1.54, 1.807) is 0 Å². The summed E-state index contributed by atoms with van der Waals surface area (Å²) in [7, 11) is 0. The fourth-order valence-electron chi connectivity index (χ4n) is 1.88. The van der Waals surface area contributed by atoms with Crippen molar-refractivity contribution in [1.29, 1.82) is 0 Å². The number of carbonyl (C=O) groups excluding carboxylic acids is 1. The second-order valence-corrected chi connectivity index (χ2v) is 47.4. The molecule has 0 aromatic carbocycles. The molecule has 222 valence electrons. The third-order valence-electron chi connectivity index (χ3n) is 4.07. The Labute approximate surface area is 407 Å². The van der Waals surface area contributed by atoms with Gasteiger partial charge in [0.05, 0.1) is 0 Å². The number of carbonyl (C=O) groups is 1. The summed E-state index contributed by atoms with van der Waals surface area (Å²) in [5.74, 6) is 0. The Bertz CT molecular complexity index is 850. The van der Waals surface area contributed by atoms with Crippen LogP contribution in [-0.2, 0) is 9.53 Å². The fraction of sp³-hybridized carbons (Fsp3) is 0.917. The van der Waals surface area contributed by atoms with Crippen molar-refractivity contribution in [2.45, 2.75) is 34.7 Å². The maximum atomic E-state index is 11.2. The molecule has 0 aliphatic carbocycles. The average molecular weight is 2010 g/mol. The summed E-state index contributed by atoms with van der Waals surface area (Å²) >= 11 is 85.8.